The lowest BCUT2D eigenvalue weighted by atomic mass is 9.95. The molecule has 1 saturated carbocycles. The number of likely N-dealkylation sites (N-methyl/N-ethyl adjacent to an activating group) is 1. The summed E-state index contributed by atoms with van der Waals surface area (Å²) >= 11 is 12.9. The predicted octanol–water partition coefficient (Wildman–Crippen LogP) is 21.3. The smallest absolute Gasteiger partial charge is 0.421 e. The van der Waals surface area contributed by atoms with Crippen molar-refractivity contribution < 1.29 is 55.4 Å². The Morgan fingerprint density at radius 2 is 0.993 bits per heavy atom. The average molecular weight is 2080 g/mol. The van der Waals surface area contributed by atoms with Crippen LogP contribution in [-0.4, -0.2) is 246 Å². The standard InChI is InChI=1S/C29H45ClN7O2P.C27H35N8O2P.C26H24ClN4O3P.C19H17F3N5O3P/c1-35-15-17-37(18-16-35)21-11-13-36(14-12-21)22-9-10-24(26(19-22)39-2)33-29-31-20-23(30)28(34-29)32-25-7-5-6-8-27(25)40(3,4)38;1-18(2)34-12-14-35(15-13-34)19-10-11-21(23(16-19)37-3)30-27-31-25(20-17-28-33-26(20)32-27)29-22-8-6-7-9-24(22)38(4,5)36;1-34-23-15-18(35(2,3)33)13-14-22(23)30-26-28-16-20(27)25(31-26)29-21-12-8-7-11-19(21)24(32)17-9-5-4-6-10-17;1-31(2,30)15-9-5-13(6-10-15)25-18-23-11-16(19(20,21)22)17(26-18)24-12-3-7-14(8-4-12)27(28)29/h9-10,19-21,25,27H,5-8,11-18H2,1-4H3,(H2,31,32,33,34);6-11,16-18H,12-15H2,1-5H3,(H3,28,29,30,31,32,33);4-16H,1-3H3,(H2,28,29,30,31);3-11H,1-2H3,(H2,23,24,25,26)/t25-,27?;;;/m0.../s1. The van der Waals surface area contributed by atoms with Gasteiger partial charge in [-0.25, -0.2) is 15.0 Å². The molecule has 1 unspecified atom stereocenters. The maximum atomic E-state index is 13.4. The number of carbonyl (C=O) groups is 1. The van der Waals surface area contributed by atoms with Crippen LogP contribution in [0.3, 0.4) is 0 Å². The van der Waals surface area contributed by atoms with Crippen LogP contribution in [0, 0.1) is 10.1 Å². The third-order valence-corrected chi connectivity index (χ3v) is 32.6. The monoisotopic (exact) mass is 2080 g/mol. The van der Waals surface area contributed by atoms with Crippen molar-refractivity contribution in [1.29, 1.82) is 0 Å². The fraction of sp³-hybridized carbons (Fsp3) is 0.347. The van der Waals surface area contributed by atoms with Crippen LogP contribution in [0.5, 0.6) is 17.2 Å². The number of ketones is 1. The number of nitro groups is 1. The van der Waals surface area contributed by atoms with Crippen molar-refractivity contribution in [2.45, 2.75) is 82.3 Å². The third kappa shape index (κ3) is 28.2. The summed E-state index contributed by atoms with van der Waals surface area (Å²) in [5.41, 5.74) is 6.95. The molecule has 4 aliphatic rings. The Kier molecular flexibility index (Phi) is 35.2. The van der Waals surface area contributed by atoms with Gasteiger partial charge in [-0.15, -0.1) is 0 Å². The van der Waals surface area contributed by atoms with Gasteiger partial charge in [0.25, 0.3) is 5.69 Å². The van der Waals surface area contributed by atoms with Gasteiger partial charge in [-0.05, 0) is 203 Å². The number of fused-ring (bicyclic) bond motifs is 1. The molecule has 3 aliphatic heterocycles. The van der Waals surface area contributed by atoms with Gasteiger partial charge in [-0.3, -0.25) is 29.8 Å². The van der Waals surface area contributed by atoms with E-state index in [0.29, 0.717) is 109 Å². The number of methoxy groups -OCH3 is 3. The Balaban J connectivity index is 0.000000153. The van der Waals surface area contributed by atoms with Crippen LogP contribution in [0.15, 0.2) is 207 Å². The van der Waals surface area contributed by atoms with Gasteiger partial charge in [-0.2, -0.15) is 43.2 Å². The van der Waals surface area contributed by atoms with E-state index < -0.39 is 51.0 Å². The number of hydrogen-bond acceptors (Lipinski definition) is 32. The average Bonchev–Trinajstić information content (AvgIpc) is 1.43. The van der Waals surface area contributed by atoms with E-state index in [4.69, 9.17) is 47.4 Å². The predicted molar refractivity (Wildman–Crippen MR) is 577 cm³/mol. The van der Waals surface area contributed by atoms with E-state index >= 15 is 0 Å². The number of benzene rings is 8. The molecule has 13 aromatic rings. The number of non-ortho nitro benzene ring substituents is 1. The molecule has 34 nitrogen and oxygen atoms in total. The van der Waals surface area contributed by atoms with Gasteiger partial charge in [0.2, 0.25) is 23.8 Å². The molecular weight excluding hydrogens is 1960 g/mol. The minimum atomic E-state index is -4.72. The summed E-state index contributed by atoms with van der Waals surface area (Å²) < 4.78 is 107. The number of ether oxygens (including phenoxy) is 3. The number of aromatic amines is 1. The zero-order valence-electron chi connectivity index (χ0n) is 82.7. The van der Waals surface area contributed by atoms with Gasteiger partial charge in [0, 0.05) is 169 Å². The summed E-state index contributed by atoms with van der Waals surface area (Å²) in [5, 5.41) is 46.5. The SMILES string of the molecule is COc1cc(N2CCC(N3CCN(C)CC3)CC2)ccc1Nc1ncc(Cl)c(N[C@H]2CCCCC2P(C)(C)=O)n1.COc1cc(N2CCN(C(C)C)CC2)ccc1Nc1nc(Nc2ccccc2P(C)(C)=O)c2cn[nH]c2n1.COc1cc(P(C)(C)=O)ccc1Nc1ncc(Cl)c(Nc2ccccc2C(=O)c2ccccc2)n1.CP(C)(=O)c1ccc(Nc2ncc(C(F)(F)F)c(Nc3ccc([N+](=O)[O-])cc3)n2)cc1. The van der Waals surface area contributed by atoms with E-state index in [2.05, 4.69) is 152 Å². The number of carbonyl (C=O) groups excluding carboxylic acids is 1. The molecule has 0 bridgehead atoms. The van der Waals surface area contributed by atoms with Crippen LogP contribution in [0.1, 0.15) is 73.9 Å². The lowest BCUT2D eigenvalue weighted by Gasteiger charge is -2.42. The van der Waals surface area contributed by atoms with Crippen LogP contribution in [0.25, 0.3) is 11.0 Å². The number of para-hydroxylation sites is 2. The first-order chi connectivity index (χ1) is 68.6. The van der Waals surface area contributed by atoms with Crippen molar-refractivity contribution in [1.82, 2.24) is 64.8 Å². The quantitative estimate of drug-likeness (QED) is 0.00873. The summed E-state index contributed by atoms with van der Waals surface area (Å²) in [7, 11) is -2.53. The van der Waals surface area contributed by atoms with E-state index in [0.717, 1.165) is 116 Å². The number of halogens is 5. The Hall–Kier alpha value is -12.8. The number of alkyl halides is 3. The molecule has 8 aromatic carbocycles. The van der Waals surface area contributed by atoms with Crippen molar-refractivity contribution in [3.05, 3.63) is 244 Å². The summed E-state index contributed by atoms with van der Waals surface area (Å²) in [5.74, 6) is 3.80. The van der Waals surface area contributed by atoms with Gasteiger partial charge >= 0.3 is 6.18 Å². The lowest BCUT2D eigenvalue weighted by molar-refractivity contribution is -0.384. The van der Waals surface area contributed by atoms with E-state index in [-0.39, 0.29) is 45.8 Å². The number of nitro benzene ring substituents is 1. The number of piperazine rings is 2. The maximum absolute atomic E-state index is 13.4. The van der Waals surface area contributed by atoms with Crippen LogP contribution >= 0.6 is 51.8 Å². The number of H-pyrrole nitrogens is 1. The minimum Gasteiger partial charge on any atom is -0.495 e. The Bertz CT molecular complexity index is 6860. The van der Waals surface area contributed by atoms with E-state index in [9.17, 15) is 46.3 Å². The van der Waals surface area contributed by atoms with E-state index in [1.165, 1.54) is 70.1 Å². The molecule has 5 aromatic heterocycles. The van der Waals surface area contributed by atoms with E-state index in [1.54, 1.807) is 139 Å². The molecule has 0 spiro atoms. The van der Waals surface area contributed by atoms with Crippen molar-refractivity contribution in [2.24, 2.45) is 0 Å². The van der Waals surface area contributed by atoms with Crippen molar-refractivity contribution >= 4 is 188 Å². The molecule has 1 aliphatic carbocycles. The largest absolute Gasteiger partial charge is 0.495 e. The fourth-order valence-corrected chi connectivity index (χ4v) is 22.3. The first-order valence-electron chi connectivity index (χ1n) is 47.0. The summed E-state index contributed by atoms with van der Waals surface area (Å²) in [6.45, 7) is 29.3. The lowest BCUT2D eigenvalue weighted by Crippen LogP contribution is -2.52. The molecule has 43 heteroatoms. The van der Waals surface area contributed by atoms with Crippen molar-refractivity contribution in [3.8, 4) is 17.2 Å². The Labute approximate surface area is 846 Å². The molecule has 4 fully saturated rings. The molecule has 3 saturated heterocycles. The van der Waals surface area contributed by atoms with Gasteiger partial charge in [0.15, 0.2) is 23.1 Å². The van der Waals surface area contributed by atoms with Gasteiger partial charge in [0.1, 0.15) is 65.9 Å². The normalized spacial score (nSPS) is 15.7. The van der Waals surface area contributed by atoms with Crippen LogP contribution in [-0.2, 0) is 24.4 Å². The molecule has 17 rings (SSSR count). The second kappa shape index (κ2) is 47.4. The number of hydrogen-bond donors (Lipinski definition) is 9. The van der Waals surface area contributed by atoms with Gasteiger partial charge in [0.05, 0.1) is 85.8 Å². The number of rotatable bonds is 30. The van der Waals surface area contributed by atoms with Gasteiger partial charge < -0.3 is 89.7 Å². The third-order valence-electron chi connectivity index (χ3n) is 25.2. The van der Waals surface area contributed by atoms with Crippen LogP contribution in [0.4, 0.5) is 117 Å². The molecular formula is C101H121Cl2F3N24O10P4. The van der Waals surface area contributed by atoms with Gasteiger partial charge in [-0.1, -0.05) is 90.6 Å². The molecule has 0 radical (unpaired) electrons. The van der Waals surface area contributed by atoms with Crippen LogP contribution in [0.2, 0.25) is 10.0 Å². The van der Waals surface area contributed by atoms with Crippen molar-refractivity contribution in [2.75, 3.05) is 199 Å². The zero-order chi connectivity index (χ0) is 103. The topological polar surface area (TPSA) is 400 Å². The Morgan fingerprint density at radius 3 is 1.58 bits per heavy atom. The first kappa shape index (κ1) is 107. The second-order valence-electron chi connectivity index (χ2n) is 37.2. The number of anilines is 17. The second-order valence-corrected chi connectivity index (χ2v) is 51.1. The number of piperidine rings is 1. The summed E-state index contributed by atoms with van der Waals surface area (Å²) in [4.78, 5) is 70.5. The highest BCUT2D eigenvalue weighted by Gasteiger charge is 2.38. The molecule has 0 amide bonds. The highest BCUT2D eigenvalue weighted by atomic mass is 35.5. The van der Waals surface area contributed by atoms with Crippen LogP contribution < -0.4 is 82.5 Å². The fourth-order valence-electron chi connectivity index (χ4n) is 17.3. The molecule has 9 N–H and O–H groups in total. The number of aromatic nitrogens is 10. The maximum Gasteiger partial charge on any atom is 0.421 e. The summed E-state index contributed by atoms with van der Waals surface area (Å²) in [6, 6.07) is 54.3. The highest BCUT2D eigenvalue weighted by molar-refractivity contribution is 7.71. The minimum absolute atomic E-state index is 0.0871. The summed E-state index contributed by atoms with van der Waals surface area (Å²) in [6.07, 6.45) is 7.21. The molecule has 760 valence electrons. The van der Waals surface area contributed by atoms with E-state index in [1.807, 2.05) is 74.0 Å². The molecule has 144 heavy (non-hydrogen) atoms. The molecule has 8 heterocycles. The Morgan fingerprint density at radius 1 is 0.493 bits per heavy atom. The number of nitrogens with one attached hydrogen (secondary N) is 9. The molecule has 2 atom stereocenters. The highest BCUT2D eigenvalue weighted by Crippen LogP contribution is 2.51. The number of nitrogens with zero attached hydrogens (tertiary/aromatic N) is 15. The zero-order valence-corrected chi connectivity index (χ0v) is 87.8. The first-order valence-corrected chi connectivity index (χ1v) is 58.3. The van der Waals surface area contributed by atoms with Crippen molar-refractivity contribution in [3.63, 3.8) is 0 Å².